The molecule has 4 nitrogen and oxygen atoms in total. The highest BCUT2D eigenvalue weighted by Crippen LogP contribution is 2.44. The lowest BCUT2D eigenvalue weighted by molar-refractivity contribution is -0.0223. The average Bonchev–Trinajstić information content (AvgIpc) is 3.08. The Balaban J connectivity index is 1.69. The summed E-state index contributed by atoms with van der Waals surface area (Å²) in [7, 11) is 1.68. The van der Waals surface area contributed by atoms with Crippen LogP contribution in [-0.4, -0.2) is 24.1 Å². The minimum absolute atomic E-state index is 0.000533. The third-order valence-electron chi connectivity index (χ3n) is 4.79. The summed E-state index contributed by atoms with van der Waals surface area (Å²) in [4.78, 5) is 0. The van der Waals surface area contributed by atoms with E-state index in [1.165, 1.54) is 5.56 Å². The Morgan fingerprint density at radius 2 is 2.04 bits per heavy atom. The Kier molecular flexibility index (Phi) is 4.42. The van der Waals surface area contributed by atoms with Crippen LogP contribution in [-0.2, 0) is 0 Å². The topological polar surface area (TPSA) is 34.1 Å². The maximum Gasteiger partial charge on any atom is 0.187 e. The van der Waals surface area contributed by atoms with Gasteiger partial charge in [-0.3, -0.25) is 5.01 Å². The van der Waals surface area contributed by atoms with E-state index in [-0.39, 0.29) is 12.3 Å². The summed E-state index contributed by atoms with van der Waals surface area (Å²) in [5.74, 6) is 1.84. The lowest BCUT2D eigenvalue weighted by atomic mass is 9.96. The van der Waals surface area contributed by atoms with Gasteiger partial charge in [0.15, 0.2) is 6.23 Å². The van der Waals surface area contributed by atoms with E-state index in [0.29, 0.717) is 0 Å². The fourth-order valence-corrected chi connectivity index (χ4v) is 3.91. The standard InChI is InChI=1S/C20H21BrN2O2/c1-3-4-20-23-18(16-11-14(21)7-10-19(16)25-20)12-17(22-23)13-5-8-15(24-2)9-6-13/h5-11,18,20H,3-4,12H2,1-2H3/t18-,20-/m1/s1. The maximum absolute atomic E-state index is 6.24. The fourth-order valence-electron chi connectivity index (χ4n) is 3.53. The van der Waals surface area contributed by atoms with E-state index in [0.717, 1.165) is 46.5 Å². The molecular formula is C20H21BrN2O2. The van der Waals surface area contributed by atoms with E-state index in [1.54, 1.807) is 7.11 Å². The van der Waals surface area contributed by atoms with Gasteiger partial charge in [-0.05, 0) is 48.0 Å². The molecule has 5 heteroatoms. The second-order valence-corrected chi connectivity index (χ2v) is 7.33. The van der Waals surface area contributed by atoms with Crippen LogP contribution < -0.4 is 9.47 Å². The molecular weight excluding hydrogens is 380 g/mol. The number of hydrogen-bond acceptors (Lipinski definition) is 4. The predicted octanol–water partition coefficient (Wildman–Crippen LogP) is 5.13. The van der Waals surface area contributed by atoms with Gasteiger partial charge in [0, 0.05) is 22.9 Å². The highest BCUT2D eigenvalue weighted by atomic mass is 79.9. The number of nitrogens with zero attached hydrogens (tertiary/aromatic N) is 2. The van der Waals surface area contributed by atoms with Crippen LogP contribution in [0.4, 0.5) is 0 Å². The number of rotatable bonds is 4. The largest absolute Gasteiger partial charge is 0.497 e. The van der Waals surface area contributed by atoms with E-state index >= 15 is 0 Å². The SMILES string of the molecule is CCC[C@H]1Oc2ccc(Br)cc2[C@H]2CC(c3ccc(OC)cc3)=NN21. The van der Waals surface area contributed by atoms with Gasteiger partial charge in [-0.2, -0.15) is 5.10 Å². The second kappa shape index (κ2) is 6.71. The minimum atomic E-state index is -0.000533. The molecule has 25 heavy (non-hydrogen) atoms. The number of methoxy groups -OCH3 is 1. The van der Waals surface area contributed by atoms with E-state index in [9.17, 15) is 0 Å². The zero-order chi connectivity index (χ0) is 17.4. The van der Waals surface area contributed by atoms with Crippen LogP contribution in [0.1, 0.15) is 43.4 Å². The van der Waals surface area contributed by atoms with Gasteiger partial charge in [0.1, 0.15) is 11.5 Å². The van der Waals surface area contributed by atoms with Gasteiger partial charge in [0.05, 0.1) is 18.9 Å². The van der Waals surface area contributed by atoms with Gasteiger partial charge in [0.2, 0.25) is 0 Å². The molecule has 2 aliphatic rings. The van der Waals surface area contributed by atoms with Gasteiger partial charge < -0.3 is 9.47 Å². The number of fused-ring (bicyclic) bond motifs is 3. The summed E-state index contributed by atoms with van der Waals surface area (Å²) >= 11 is 3.58. The highest BCUT2D eigenvalue weighted by Gasteiger charge is 2.39. The fraction of sp³-hybridized carbons (Fsp3) is 0.350. The first-order valence-electron chi connectivity index (χ1n) is 8.66. The number of ether oxygens (including phenoxy) is 2. The first kappa shape index (κ1) is 16.5. The minimum Gasteiger partial charge on any atom is -0.497 e. The van der Waals surface area contributed by atoms with Gasteiger partial charge in [0.25, 0.3) is 0 Å². The Labute approximate surface area is 156 Å². The average molecular weight is 401 g/mol. The van der Waals surface area contributed by atoms with Gasteiger partial charge >= 0.3 is 0 Å². The molecule has 2 aliphatic heterocycles. The van der Waals surface area contributed by atoms with E-state index in [2.05, 4.69) is 52.1 Å². The van der Waals surface area contributed by atoms with Crippen LogP contribution in [0.25, 0.3) is 0 Å². The number of halogens is 1. The van der Waals surface area contributed by atoms with Crippen LogP contribution in [0.5, 0.6) is 11.5 Å². The summed E-state index contributed by atoms with van der Waals surface area (Å²) in [5, 5.41) is 7.08. The first-order valence-corrected chi connectivity index (χ1v) is 9.45. The van der Waals surface area contributed by atoms with Crippen LogP contribution >= 0.6 is 15.9 Å². The molecule has 2 heterocycles. The summed E-state index contributed by atoms with van der Waals surface area (Å²) < 4.78 is 12.6. The Morgan fingerprint density at radius 1 is 1.24 bits per heavy atom. The lowest BCUT2D eigenvalue weighted by Crippen LogP contribution is -2.40. The molecule has 0 aromatic heterocycles. The van der Waals surface area contributed by atoms with Crippen molar-refractivity contribution in [1.29, 1.82) is 0 Å². The van der Waals surface area contributed by atoms with Crippen LogP contribution in [0.15, 0.2) is 52.0 Å². The van der Waals surface area contributed by atoms with Gasteiger partial charge in [-0.1, -0.05) is 29.3 Å². The zero-order valence-electron chi connectivity index (χ0n) is 14.4. The zero-order valence-corrected chi connectivity index (χ0v) is 16.0. The summed E-state index contributed by atoms with van der Waals surface area (Å²) in [6.45, 7) is 2.18. The van der Waals surface area contributed by atoms with Crippen molar-refractivity contribution in [3.63, 3.8) is 0 Å². The summed E-state index contributed by atoms with van der Waals surface area (Å²) in [6, 6.07) is 14.6. The Bertz CT molecular complexity index is 804. The molecule has 0 radical (unpaired) electrons. The Morgan fingerprint density at radius 3 is 2.76 bits per heavy atom. The lowest BCUT2D eigenvalue weighted by Gasteiger charge is -2.38. The molecule has 0 fully saturated rings. The predicted molar refractivity (Wildman–Crippen MR) is 102 cm³/mol. The molecule has 2 aromatic carbocycles. The van der Waals surface area contributed by atoms with Crippen molar-refractivity contribution in [3.8, 4) is 11.5 Å². The van der Waals surface area contributed by atoms with Crippen molar-refractivity contribution in [2.75, 3.05) is 7.11 Å². The second-order valence-electron chi connectivity index (χ2n) is 6.42. The van der Waals surface area contributed by atoms with Gasteiger partial charge in [-0.15, -0.1) is 0 Å². The molecule has 130 valence electrons. The number of benzene rings is 2. The van der Waals surface area contributed by atoms with Gasteiger partial charge in [-0.25, -0.2) is 0 Å². The molecule has 0 saturated heterocycles. The molecule has 2 aromatic rings. The van der Waals surface area contributed by atoms with Crippen LogP contribution in [0, 0.1) is 0 Å². The first-order chi connectivity index (χ1) is 12.2. The Hall–Kier alpha value is -2.01. The third-order valence-corrected chi connectivity index (χ3v) is 5.28. The van der Waals surface area contributed by atoms with Crippen LogP contribution in [0.3, 0.4) is 0 Å². The molecule has 0 unspecified atom stereocenters. The quantitative estimate of drug-likeness (QED) is 0.713. The van der Waals surface area contributed by atoms with Crippen molar-refractivity contribution < 1.29 is 9.47 Å². The summed E-state index contributed by atoms with van der Waals surface area (Å²) in [6.07, 6.45) is 2.91. The number of hydrogen-bond donors (Lipinski definition) is 0. The van der Waals surface area contributed by atoms with Crippen molar-refractivity contribution >= 4 is 21.6 Å². The molecule has 2 atom stereocenters. The molecule has 4 rings (SSSR count). The number of hydrazone groups is 1. The normalized spacial score (nSPS) is 21.2. The molecule has 0 aliphatic carbocycles. The third kappa shape index (κ3) is 3.01. The van der Waals surface area contributed by atoms with Crippen molar-refractivity contribution in [1.82, 2.24) is 5.01 Å². The van der Waals surface area contributed by atoms with E-state index < -0.39 is 0 Å². The monoisotopic (exact) mass is 400 g/mol. The van der Waals surface area contributed by atoms with E-state index in [1.807, 2.05) is 18.2 Å². The molecule has 0 amide bonds. The molecule has 0 spiro atoms. The highest BCUT2D eigenvalue weighted by molar-refractivity contribution is 9.10. The molecule has 0 saturated carbocycles. The molecule has 0 N–H and O–H groups in total. The molecule has 0 bridgehead atoms. The van der Waals surface area contributed by atoms with Crippen LogP contribution in [0.2, 0.25) is 0 Å². The maximum atomic E-state index is 6.24. The summed E-state index contributed by atoms with van der Waals surface area (Å²) in [5.41, 5.74) is 3.45. The van der Waals surface area contributed by atoms with Crippen molar-refractivity contribution in [2.45, 2.75) is 38.5 Å². The smallest absolute Gasteiger partial charge is 0.187 e. The van der Waals surface area contributed by atoms with E-state index in [4.69, 9.17) is 14.6 Å². The van der Waals surface area contributed by atoms with Crippen molar-refractivity contribution in [2.24, 2.45) is 5.10 Å². The van der Waals surface area contributed by atoms with Crippen molar-refractivity contribution in [3.05, 3.63) is 58.1 Å².